The zero-order valence-corrected chi connectivity index (χ0v) is 15.3. The number of rotatable bonds is 6. The fourth-order valence-electron chi connectivity index (χ4n) is 5.59. The molecule has 0 spiro atoms. The molecule has 5 rings (SSSR count). The van der Waals surface area contributed by atoms with Crippen LogP contribution < -0.4 is 10.7 Å². The summed E-state index contributed by atoms with van der Waals surface area (Å²) in [6, 6.07) is 3.60. The highest BCUT2D eigenvalue weighted by molar-refractivity contribution is 6.00. The van der Waals surface area contributed by atoms with Gasteiger partial charge in [-0.25, -0.2) is 5.43 Å². The summed E-state index contributed by atoms with van der Waals surface area (Å²) < 4.78 is 5.18. The Morgan fingerprint density at radius 3 is 2.42 bits per heavy atom. The molecule has 6 nitrogen and oxygen atoms in total. The van der Waals surface area contributed by atoms with E-state index in [9.17, 15) is 9.59 Å². The molecule has 0 unspecified atom stereocenters. The van der Waals surface area contributed by atoms with E-state index in [4.69, 9.17) is 4.42 Å². The van der Waals surface area contributed by atoms with Gasteiger partial charge in [-0.1, -0.05) is 0 Å². The van der Waals surface area contributed by atoms with Crippen LogP contribution in [0.1, 0.15) is 57.6 Å². The summed E-state index contributed by atoms with van der Waals surface area (Å²) in [4.78, 5) is 24.8. The van der Waals surface area contributed by atoms with Crippen LogP contribution in [0, 0.1) is 23.2 Å². The van der Waals surface area contributed by atoms with Gasteiger partial charge in [0, 0.05) is 5.71 Å². The molecule has 4 aliphatic carbocycles. The van der Waals surface area contributed by atoms with Crippen molar-refractivity contribution in [3.63, 3.8) is 0 Å². The van der Waals surface area contributed by atoms with Gasteiger partial charge in [0.1, 0.15) is 5.76 Å². The number of carbonyl (C=O) groups is 2. The van der Waals surface area contributed by atoms with Gasteiger partial charge in [0.05, 0.1) is 24.6 Å². The first-order valence-corrected chi connectivity index (χ1v) is 9.65. The third kappa shape index (κ3) is 3.55. The lowest BCUT2D eigenvalue weighted by Crippen LogP contribution is -2.52. The van der Waals surface area contributed by atoms with Crippen molar-refractivity contribution in [2.24, 2.45) is 28.3 Å². The normalized spacial score (nSPS) is 32.5. The number of hydrogen-bond acceptors (Lipinski definition) is 4. The monoisotopic (exact) mass is 357 g/mol. The molecule has 0 aromatic carbocycles. The van der Waals surface area contributed by atoms with Crippen LogP contribution in [0.2, 0.25) is 0 Å². The van der Waals surface area contributed by atoms with Gasteiger partial charge in [0.15, 0.2) is 0 Å². The summed E-state index contributed by atoms with van der Waals surface area (Å²) in [7, 11) is 0. The molecule has 4 bridgehead atoms. The van der Waals surface area contributed by atoms with Crippen molar-refractivity contribution in [3.05, 3.63) is 24.2 Å². The van der Waals surface area contributed by atoms with E-state index in [1.165, 1.54) is 19.3 Å². The molecule has 4 saturated carbocycles. The second-order valence-corrected chi connectivity index (χ2v) is 8.52. The molecule has 0 aliphatic heterocycles. The maximum Gasteiger partial charge on any atom is 0.246 e. The van der Waals surface area contributed by atoms with Crippen molar-refractivity contribution >= 4 is 17.5 Å². The molecule has 6 heteroatoms. The van der Waals surface area contributed by atoms with Crippen LogP contribution in [0.4, 0.5) is 0 Å². The SMILES string of the molecule is C/C(CC(=O)NCc1ccco1)=N\NC(=O)C12CC3CC(CC(C3)C1)C2. The summed E-state index contributed by atoms with van der Waals surface area (Å²) in [6.07, 6.45) is 8.73. The lowest BCUT2D eigenvalue weighted by molar-refractivity contribution is -0.146. The van der Waals surface area contributed by atoms with Gasteiger partial charge in [0.25, 0.3) is 0 Å². The Balaban J connectivity index is 1.28. The Bertz CT molecular complexity index is 673. The summed E-state index contributed by atoms with van der Waals surface area (Å²) in [5, 5.41) is 6.99. The minimum Gasteiger partial charge on any atom is -0.467 e. The number of nitrogens with zero attached hydrogens (tertiary/aromatic N) is 1. The van der Waals surface area contributed by atoms with Gasteiger partial charge in [-0.15, -0.1) is 0 Å². The second kappa shape index (κ2) is 6.89. The van der Waals surface area contributed by atoms with E-state index in [2.05, 4.69) is 15.8 Å². The van der Waals surface area contributed by atoms with Crippen molar-refractivity contribution < 1.29 is 14.0 Å². The molecular formula is C20H27N3O3. The molecular weight excluding hydrogens is 330 g/mol. The third-order valence-electron chi connectivity index (χ3n) is 6.32. The molecule has 0 radical (unpaired) electrons. The van der Waals surface area contributed by atoms with E-state index in [1.807, 2.05) is 6.07 Å². The first-order chi connectivity index (χ1) is 12.5. The van der Waals surface area contributed by atoms with Gasteiger partial charge in [-0.3, -0.25) is 9.59 Å². The Kier molecular flexibility index (Phi) is 4.59. The van der Waals surface area contributed by atoms with Crippen LogP contribution in [0.5, 0.6) is 0 Å². The predicted octanol–water partition coefficient (Wildman–Crippen LogP) is 2.99. The fourth-order valence-corrected chi connectivity index (χ4v) is 5.59. The Morgan fingerprint density at radius 1 is 1.19 bits per heavy atom. The summed E-state index contributed by atoms with van der Waals surface area (Å²) in [5.41, 5.74) is 3.17. The van der Waals surface area contributed by atoms with Crippen LogP contribution >= 0.6 is 0 Å². The van der Waals surface area contributed by atoms with E-state index in [-0.39, 0.29) is 23.7 Å². The average Bonchev–Trinajstić information content (AvgIpc) is 3.10. The third-order valence-corrected chi connectivity index (χ3v) is 6.32. The minimum absolute atomic E-state index is 0.0620. The van der Waals surface area contributed by atoms with Crippen LogP contribution in [0.25, 0.3) is 0 Å². The minimum atomic E-state index is -0.208. The molecule has 2 N–H and O–H groups in total. The smallest absolute Gasteiger partial charge is 0.246 e. The number of furan rings is 1. The highest BCUT2D eigenvalue weighted by atomic mass is 16.3. The van der Waals surface area contributed by atoms with E-state index < -0.39 is 0 Å². The lowest BCUT2D eigenvalue weighted by atomic mass is 9.49. The van der Waals surface area contributed by atoms with Crippen molar-refractivity contribution in [1.29, 1.82) is 0 Å². The number of amides is 2. The van der Waals surface area contributed by atoms with E-state index in [0.717, 1.165) is 37.0 Å². The van der Waals surface area contributed by atoms with Crippen molar-refractivity contribution in [2.45, 2.75) is 58.4 Å². The second-order valence-electron chi connectivity index (χ2n) is 8.52. The fraction of sp³-hybridized carbons (Fsp3) is 0.650. The van der Waals surface area contributed by atoms with Crippen molar-refractivity contribution in [1.82, 2.24) is 10.7 Å². The van der Waals surface area contributed by atoms with Gasteiger partial charge >= 0.3 is 0 Å². The van der Waals surface area contributed by atoms with Crippen LogP contribution in [-0.2, 0) is 16.1 Å². The topological polar surface area (TPSA) is 83.7 Å². The van der Waals surface area contributed by atoms with Crippen molar-refractivity contribution in [2.75, 3.05) is 0 Å². The van der Waals surface area contributed by atoms with Crippen LogP contribution in [-0.4, -0.2) is 17.5 Å². The molecule has 0 saturated heterocycles. The van der Waals surface area contributed by atoms with Crippen LogP contribution in [0.15, 0.2) is 27.9 Å². The van der Waals surface area contributed by atoms with E-state index >= 15 is 0 Å². The quantitative estimate of drug-likeness (QED) is 0.606. The molecule has 4 aliphatic rings. The molecule has 1 aromatic heterocycles. The standard InChI is InChI=1S/C20H27N3O3/c1-13(5-18(24)21-12-17-3-2-4-26-17)22-23-19(25)20-9-14-6-15(10-20)8-16(7-14)11-20/h2-4,14-16H,5-12H2,1H3,(H,21,24)(H,23,25)/b22-13+. The Morgan fingerprint density at radius 2 is 1.85 bits per heavy atom. The number of carbonyl (C=O) groups excluding carboxylic acids is 2. The van der Waals surface area contributed by atoms with Gasteiger partial charge in [-0.05, 0) is 75.3 Å². The molecule has 140 valence electrons. The highest BCUT2D eigenvalue weighted by Gasteiger charge is 2.54. The molecule has 26 heavy (non-hydrogen) atoms. The molecule has 4 fully saturated rings. The zero-order valence-electron chi connectivity index (χ0n) is 15.3. The molecule has 2 amide bonds. The van der Waals surface area contributed by atoms with Crippen molar-refractivity contribution in [3.8, 4) is 0 Å². The van der Waals surface area contributed by atoms with Crippen LogP contribution in [0.3, 0.4) is 0 Å². The number of nitrogens with one attached hydrogen (secondary N) is 2. The first kappa shape index (κ1) is 17.3. The summed E-state index contributed by atoms with van der Waals surface area (Å²) >= 11 is 0. The zero-order chi connectivity index (χ0) is 18.1. The van der Waals surface area contributed by atoms with E-state index in [0.29, 0.717) is 18.0 Å². The molecule has 1 heterocycles. The Labute approximate surface area is 153 Å². The van der Waals surface area contributed by atoms with Gasteiger partial charge < -0.3 is 9.73 Å². The first-order valence-electron chi connectivity index (χ1n) is 9.65. The maximum atomic E-state index is 12.8. The lowest BCUT2D eigenvalue weighted by Gasteiger charge is -2.55. The predicted molar refractivity (Wildman–Crippen MR) is 97.0 cm³/mol. The maximum absolute atomic E-state index is 12.8. The van der Waals surface area contributed by atoms with Gasteiger partial charge in [-0.2, -0.15) is 5.10 Å². The largest absolute Gasteiger partial charge is 0.467 e. The average molecular weight is 357 g/mol. The summed E-state index contributed by atoms with van der Waals surface area (Å²) in [6.45, 7) is 2.13. The number of hydrazone groups is 1. The summed E-state index contributed by atoms with van der Waals surface area (Å²) in [5.74, 6) is 2.82. The molecule has 1 aromatic rings. The number of hydrogen-bond donors (Lipinski definition) is 2. The highest BCUT2D eigenvalue weighted by Crippen LogP contribution is 2.60. The molecule has 0 atom stereocenters. The Hall–Kier alpha value is -2.11. The van der Waals surface area contributed by atoms with Gasteiger partial charge in [0.2, 0.25) is 11.8 Å². The van der Waals surface area contributed by atoms with E-state index in [1.54, 1.807) is 19.3 Å².